The van der Waals surface area contributed by atoms with Gasteiger partial charge in [0.25, 0.3) is 0 Å². The molecule has 2 heterocycles. The molecular formula is C19H23N3O2. The van der Waals surface area contributed by atoms with E-state index in [9.17, 15) is 9.90 Å². The number of nitrogens with one attached hydrogen (secondary N) is 1. The maximum Gasteiger partial charge on any atom is 0.224 e. The summed E-state index contributed by atoms with van der Waals surface area (Å²) in [6.07, 6.45) is 2.16. The Bertz CT molecular complexity index is 648. The third-order valence-electron chi connectivity index (χ3n) is 4.42. The summed E-state index contributed by atoms with van der Waals surface area (Å²) in [5, 5.41) is 12.7. The zero-order valence-electron chi connectivity index (χ0n) is 13.6. The first kappa shape index (κ1) is 16.6. The van der Waals surface area contributed by atoms with Crippen LogP contribution in [0.2, 0.25) is 0 Å². The minimum Gasteiger partial charge on any atom is -0.396 e. The summed E-state index contributed by atoms with van der Waals surface area (Å²) in [5.41, 5.74) is 2.00. The number of hydrogen-bond donors (Lipinski definition) is 2. The van der Waals surface area contributed by atoms with Crippen LogP contribution in [0.25, 0.3) is 0 Å². The average molecular weight is 325 g/mol. The molecule has 24 heavy (non-hydrogen) atoms. The number of likely N-dealkylation sites (tertiary alicyclic amines) is 1. The van der Waals surface area contributed by atoms with Gasteiger partial charge in [-0.05, 0) is 17.7 Å². The highest BCUT2D eigenvalue weighted by molar-refractivity contribution is 5.78. The van der Waals surface area contributed by atoms with E-state index in [2.05, 4.69) is 15.2 Å². The van der Waals surface area contributed by atoms with E-state index >= 15 is 0 Å². The summed E-state index contributed by atoms with van der Waals surface area (Å²) in [7, 11) is 0. The largest absolute Gasteiger partial charge is 0.396 e. The number of rotatable bonds is 6. The van der Waals surface area contributed by atoms with Gasteiger partial charge in [-0.1, -0.05) is 36.4 Å². The molecule has 1 aliphatic rings. The highest BCUT2D eigenvalue weighted by Crippen LogP contribution is 2.18. The fourth-order valence-corrected chi connectivity index (χ4v) is 3.20. The van der Waals surface area contributed by atoms with Crippen molar-refractivity contribution in [3.05, 3.63) is 66.0 Å². The number of hydrogen-bond acceptors (Lipinski definition) is 4. The molecule has 1 aromatic carbocycles. The Kier molecular flexibility index (Phi) is 5.56. The van der Waals surface area contributed by atoms with Gasteiger partial charge in [-0.15, -0.1) is 0 Å². The Labute approximate surface area is 142 Å². The van der Waals surface area contributed by atoms with Crippen molar-refractivity contribution in [3.63, 3.8) is 0 Å². The van der Waals surface area contributed by atoms with E-state index in [0.717, 1.165) is 30.9 Å². The van der Waals surface area contributed by atoms with E-state index < -0.39 is 0 Å². The van der Waals surface area contributed by atoms with Gasteiger partial charge in [-0.25, -0.2) is 0 Å². The summed E-state index contributed by atoms with van der Waals surface area (Å²) in [6, 6.07) is 15.6. The topological polar surface area (TPSA) is 65.5 Å². The molecule has 0 saturated carbocycles. The molecule has 0 bridgehead atoms. The van der Waals surface area contributed by atoms with Gasteiger partial charge in [-0.2, -0.15) is 0 Å². The van der Waals surface area contributed by atoms with Crippen LogP contribution >= 0.6 is 0 Å². The van der Waals surface area contributed by atoms with E-state index in [1.54, 1.807) is 6.20 Å². The van der Waals surface area contributed by atoms with E-state index in [1.165, 1.54) is 0 Å². The molecule has 0 radical (unpaired) electrons. The van der Waals surface area contributed by atoms with Crippen molar-refractivity contribution in [1.82, 2.24) is 15.2 Å². The first-order valence-electron chi connectivity index (χ1n) is 8.31. The van der Waals surface area contributed by atoms with Gasteiger partial charge in [0.05, 0.1) is 12.1 Å². The zero-order chi connectivity index (χ0) is 16.8. The summed E-state index contributed by atoms with van der Waals surface area (Å²) in [6.45, 7) is 2.32. The highest BCUT2D eigenvalue weighted by atomic mass is 16.3. The molecule has 5 nitrogen and oxygen atoms in total. The number of carbonyl (C=O) groups is 1. The van der Waals surface area contributed by atoms with Crippen LogP contribution in [0.5, 0.6) is 0 Å². The zero-order valence-corrected chi connectivity index (χ0v) is 13.6. The standard InChI is InChI=1S/C19H23N3O2/c23-14-16-11-22(12-17-8-4-5-9-20-17)13-18(16)21-19(24)10-15-6-2-1-3-7-15/h1-9,16,18,23H,10-14H2,(H,21,24)/t16-,18+/m0/s1. The van der Waals surface area contributed by atoms with Gasteiger partial charge in [0.1, 0.15) is 0 Å². The smallest absolute Gasteiger partial charge is 0.224 e. The predicted octanol–water partition coefficient (Wildman–Crippen LogP) is 1.23. The van der Waals surface area contributed by atoms with E-state index in [-0.39, 0.29) is 24.5 Å². The quantitative estimate of drug-likeness (QED) is 0.838. The molecule has 0 unspecified atom stereocenters. The molecule has 5 heteroatoms. The van der Waals surface area contributed by atoms with Crippen molar-refractivity contribution in [1.29, 1.82) is 0 Å². The number of nitrogens with zero attached hydrogens (tertiary/aromatic N) is 2. The lowest BCUT2D eigenvalue weighted by atomic mass is 10.0. The van der Waals surface area contributed by atoms with Gasteiger partial charge in [0.15, 0.2) is 0 Å². The number of amides is 1. The Hall–Kier alpha value is -2.24. The fourth-order valence-electron chi connectivity index (χ4n) is 3.20. The van der Waals surface area contributed by atoms with Gasteiger partial charge in [-0.3, -0.25) is 14.7 Å². The lowest BCUT2D eigenvalue weighted by molar-refractivity contribution is -0.121. The summed E-state index contributed by atoms with van der Waals surface area (Å²) >= 11 is 0. The van der Waals surface area contributed by atoms with Crippen LogP contribution in [0.1, 0.15) is 11.3 Å². The number of benzene rings is 1. The van der Waals surface area contributed by atoms with Gasteiger partial charge in [0, 0.05) is 44.4 Å². The van der Waals surface area contributed by atoms with Gasteiger partial charge in [0.2, 0.25) is 5.91 Å². The van der Waals surface area contributed by atoms with Crippen LogP contribution in [0, 0.1) is 5.92 Å². The molecule has 1 amide bonds. The highest BCUT2D eigenvalue weighted by Gasteiger charge is 2.33. The molecule has 1 saturated heterocycles. The molecule has 1 fully saturated rings. The second-order valence-corrected chi connectivity index (χ2v) is 6.29. The number of carbonyl (C=O) groups excluding carboxylic acids is 1. The van der Waals surface area contributed by atoms with E-state index in [0.29, 0.717) is 6.42 Å². The van der Waals surface area contributed by atoms with Gasteiger partial charge < -0.3 is 10.4 Å². The fraction of sp³-hybridized carbons (Fsp3) is 0.368. The number of aromatic nitrogens is 1. The van der Waals surface area contributed by atoms with Crippen LogP contribution in [-0.4, -0.2) is 46.6 Å². The number of aliphatic hydroxyl groups is 1. The lowest BCUT2D eigenvalue weighted by Crippen LogP contribution is -2.42. The average Bonchev–Trinajstić information content (AvgIpc) is 2.98. The molecule has 2 aromatic rings. The summed E-state index contributed by atoms with van der Waals surface area (Å²) in [4.78, 5) is 18.8. The van der Waals surface area contributed by atoms with E-state index in [1.807, 2.05) is 48.5 Å². The summed E-state index contributed by atoms with van der Waals surface area (Å²) in [5.74, 6) is 0.0674. The molecule has 126 valence electrons. The predicted molar refractivity (Wildman–Crippen MR) is 92.2 cm³/mol. The van der Waals surface area contributed by atoms with Crippen LogP contribution in [-0.2, 0) is 17.8 Å². The van der Waals surface area contributed by atoms with Crippen molar-refractivity contribution in [2.75, 3.05) is 19.7 Å². The molecule has 2 N–H and O–H groups in total. The third kappa shape index (κ3) is 4.40. The van der Waals surface area contributed by atoms with Crippen molar-refractivity contribution in [2.24, 2.45) is 5.92 Å². The maximum absolute atomic E-state index is 12.3. The van der Waals surface area contributed by atoms with Crippen LogP contribution in [0.3, 0.4) is 0 Å². The minimum absolute atomic E-state index is 0.00401. The van der Waals surface area contributed by atoms with E-state index in [4.69, 9.17) is 0 Å². The van der Waals surface area contributed by atoms with Crippen LogP contribution < -0.4 is 5.32 Å². The second-order valence-electron chi connectivity index (χ2n) is 6.29. The molecule has 1 aliphatic heterocycles. The number of pyridine rings is 1. The van der Waals surface area contributed by atoms with Crippen molar-refractivity contribution in [3.8, 4) is 0 Å². The molecule has 3 rings (SSSR count). The first-order chi connectivity index (χ1) is 11.7. The monoisotopic (exact) mass is 325 g/mol. The SMILES string of the molecule is O=C(Cc1ccccc1)N[C@@H]1CN(Cc2ccccn2)C[C@H]1CO. The Morgan fingerprint density at radius 3 is 2.67 bits per heavy atom. The molecule has 2 atom stereocenters. The van der Waals surface area contributed by atoms with Crippen LogP contribution in [0.15, 0.2) is 54.7 Å². The lowest BCUT2D eigenvalue weighted by Gasteiger charge is -2.18. The maximum atomic E-state index is 12.3. The number of aliphatic hydroxyl groups excluding tert-OH is 1. The van der Waals surface area contributed by atoms with Crippen molar-refractivity contribution >= 4 is 5.91 Å². The van der Waals surface area contributed by atoms with Crippen molar-refractivity contribution in [2.45, 2.75) is 19.0 Å². The third-order valence-corrected chi connectivity index (χ3v) is 4.42. The Morgan fingerprint density at radius 2 is 1.96 bits per heavy atom. The van der Waals surface area contributed by atoms with Crippen LogP contribution in [0.4, 0.5) is 0 Å². The molecule has 1 aromatic heterocycles. The summed E-state index contributed by atoms with van der Waals surface area (Å²) < 4.78 is 0. The van der Waals surface area contributed by atoms with Crippen molar-refractivity contribution < 1.29 is 9.90 Å². The molecule has 0 aliphatic carbocycles. The minimum atomic E-state index is -0.0186. The normalized spacial score (nSPS) is 20.9. The Morgan fingerprint density at radius 1 is 1.17 bits per heavy atom. The second kappa shape index (κ2) is 8.04. The van der Waals surface area contributed by atoms with Gasteiger partial charge >= 0.3 is 0 Å². The first-order valence-corrected chi connectivity index (χ1v) is 8.31. The molecule has 0 spiro atoms. The molecular weight excluding hydrogens is 302 g/mol. The Balaban J connectivity index is 1.55.